The smallest absolute Gasteiger partial charge is 0.0243 e. The molecular weight excluding hydrogens is 232 g/mol. The van der Waals surface area contributed by atoms with Crippen molar-refractivity contribution < 1.29 is 0 Å². The molecule has 0 aliphatic carbocycles. The van der Waals surface area contributed by atoms with E-state index in [-0.39, 0.29) is 5.54 Å². The molecule has 0 spiro atoms. The van der Waals surface area contributed by atoms with E-state index in [4.69, 9.17) is 0 Å². The predicted molar refractivity (Wildman–Crippen MR) is 85.6 cm³/mol. The van der Waals surface area contributed by atoms with E-state index in [2.05, 4.69) is 58.7 Å². The van der Waals surface area contributed by atoms with E-state index in [0.29, 0.717) is 11.5 Å². The Balaban J connectivity index is 2.54. The molecule has 0 saturated carbocycles. The summed E-state index contributed by atoms with van der Waals surface area (Å²) in [5, 5.41) is 3.69. The Hall–Kier alpha value is -0.0800. The summed E-state index contributed by atoms with van der Waals surface area (Å²) in [7, 11) is 0. The summed E-state index contributed by atoms with van der Waals surface area (Å²) >= 11 is 0. The Morgan fingerprint density at radius 2 is 1.68 bits per heavy atom. The Labute approximate surface area is 121 Å². The van der Waals surface area contributed by atoms with Gasteiger partial charge in [-0.25, -0.2) is 0 Å². The van der Waals surface area contributed by atoms with E-state index in [0.717, 1.165) is 12.5 Å². The zero-order valence-electron chi connectivity index (χ0n) is 14.3. The number of piperidine rings is 1. The van der Waals surface area contributed by atoms with Crippen LogP contribution in [0.4, 0.5) is 0 Å². The summed E-state index contributed by atoms with van der Waals surface area (Å²) in [5.74, 6) is 0.723. The molecule has 1 aliphatic heterocycles. The van der Waals surface area contributed by atoms with Gasteiger partial charge < -0.3 is 5.32 Å². The number of likely N-dealkylation sites (tertiary alicyclic amines) is 1. The molecule has 1 saturated heterocycles. The maximum Gasteiger partial charge on any atom is 0.0243 e. The van der Waals surface area contributed by atoms with Gasteiger partial charge in [-0.1, -0.05) is 34.1 Å². The fourth-order valence-corrected chi connectivity index (χ4v) is 2.95. The van der Waals surface area contributed by atoms with Gasteiger partial charge in [0.1, 0.15) is 0 Å². The van der Waals surface area contributed by atoms with E-state index in [9.17, 15) is 0 Å². The van der Waals surface area contributed by atoms with Crippen molar-refractivity contribution in [1.82, 2.24) is 10.2 Å². The summed E-state index contributed by atoms with van der Waals surface area (Å²) in [4.78, 5) is 2.72. The highest BCUT2D eigenvalue weighted by Gasteiger charge is 2.32. The van der Waals surface area contributed by atoms with Gasteiger partial charge in [0.05, 0.1) is 0 Å². The van der Waals surface area contributed by atoms with Gasteiger partial charge in [0.2, 0.25) is 0 Å². The largest absolute Gasteiger partial charge is 0.311 e. The highest BCUT2D eigenvalue weighted by Crippen LogP contribution is 2.35. The minimum absolute atomic E-state index is 0.223. The zero-order chi connectivity index (χ0) is 14.7. The normalized spacial score (nSPS) is 22.7. The first kappa shape index (κ1) is 17.0. The highest BCUT2D eigenvalue weighted by atomic mass is 15.2. The minimum atomic E-state index is 0.223. The van der Waals surface area contributed by atoms with Crippen molar-refractivity contribution >= 4 is 0 Å². The molecule has 1 rings (SSSR count). The molecular formula is C17H36N2. The molecule has 1 atom stereocenters. The molecule has 0 aromatic carbocycles. The van der Waals surface area contributed by atoms with Crippen molar-refractivity contribution in [3.63, 3.8) is 0 Å². The van der Waals surface area contributed by atoms with Crippen LogP contribution in [0, 0.1) is 11.3 Å². The van der Waals surface area contributed by atoms with Crippen LogP contribution in [0.15, 0.2) is 0 Å². The van der Waals surface area contributed by atoms with E-state index in [1.165, 1.54) is 32.4 Å². The lowest BCUT2D eigenvalue weighted by Crippen LogP contribution is -2.53. The molecule has 0 amide bonds. The van der Waals surface area contributed by atoms with Crippen LogP contribution in [-0.2, 0) is 0 Å². The van der Waals surface area contributed by atoms with E-state index in [1.807, 2.05) is 0 Å². The molecule has 1 N–H and O–H groups in total. The molecule has 1 aliphatic rings. The van der Waals surface area contributed by atoms with Crippen molar-refractivity contribution in [2.45, 2.75) is 79.3 Å². The predicted octanol–water partition coefficient (Wildman–Crippen LogP) is 3.91. The molecule has 114 valence electrons. The quantitative estimate of drug-likeness (QED) is 0.813. The highest BCUT2D eigenvalue weighted by molar-refractivity contribution is 4.87. The lowest BCUT2D eigenvalue weighted by atomic mass is 9.77. The maximum atomic E-state index is 3.69. The summed E-state index contributed by atoms with van der Waals surface area (Å²) in [6.45, 7) is 20.0. The van der Waals surface area contributed by atoms with Crippen molar-refractivity contribution in [3.8, 4) is 0 Å². The molecule has 2 nitrogen and oxygen atoms in total. The summed E-state index contributed by atoms with van der Waals surface area (Å²) in [5.41, 5.74) is 0.816. The van der Waals surface area contributed by atoms with E-state index >= 15 is 0 Å². The van der Waals surface area contributed by atoms with Gasteiger partial charge in [0, 0.05) is 18.1 Å². The number of hydrogen-bond donors (Lipinski definition) is 1. The van der Waals surface area contributed by atoms with Crippen LogP contribution in [-0.4, -0.2) is 36.1 Å². The molecule has 19 heavy (non-hydrogen) atoms. The third-order valence-corrected chi connectivity index (χ3v) is 4.94. The van der Waals surface area contributed by atoms with Gasteiger partial charge in [-0.3, -0.25) is 4.90 Å². The van der Waals surface area contributed by atoms with Gasteiger partial charge in [-0.05, 0) is 58.0 Å². The average Bonchev–Trinajstić information content (AvgIpc) is 2.30. The first-order valence-electron chi connectivity index (χ1n) is 8.16. The molecule has 2 heteroatoms. The van der Waals surface area contributed by atoms with Gasteiger partial charge in [0.15, 0.2) is 0 Å². The van der Waals surface area contributed by atoms with Crippen molar-refractivity contribution in [2.24, 2.45) is 11.3 Å². The average molecular weight is 268 g/mol. The molecule has 0 bridgehead atoms. The summed E-state index contributed by atoms with van der Waals surface area (Å²) < 4.78 is 0. The number of rotatable bonds is 5. The Morgan fingerprint density at radius 1 is 1.16 bits per heavy atom. The Kier molecular flexibility index (Phi) is 5.88. The standard InChI is InChI=1S/C17H36N2/c1-8-17(7)9-11-19(12-10-17)15(14(2)3)13-18-16(4,5)6/h14-15,18H,8-13H2,1-7H3. The molecule has 1 fully saturated rings. The van der Waals surface area contributed by atoms with Crippen molar-refractivity contribution in [2.75, 3.05) is 19.6 Å². The third kappa shape index (κ3) is 5.43. The molecule has 0 radical (unpaired) electrons. The van der Waals surface area contributed by atoms with E-state index < -0.39 is 0 Å². The monoisotopic (exact) mass is 268 g/mol. The fraction of sp³-hybridized carbons (Fsp3) is 1.00. The van der Waals surface area contributed by atoms with Crippen LogP contribution in [0.1, 0.15) is 67.7 Å². The van der Waals surface area contributed by atoms with Crippen LogP contribution in [0.5, 0.6) is 0 Å². The second-order valence-electron chi connectivity index (χ2n) is 8.14. The second-order valence-corrected chi connectivity index (χ2v) is 8.14. The topological polar surface area (TPSA) is 15.3 Å². The van der Waals surface area contributed by atoms with E-state index in [1.54, 1.807) is 0 Å². The molecule has 0 aromatic heterocycles. The molecule has 1 heterocycles. The van der Waals surface area contributed by atoms with Crippen molar-refractivity contribution in [3.05, 3.63) is 0 Å². The molecule has 1 unspecified atom stereocenters. The zero-order valence-corrected chi connectivity index (χ0v) is 14.3. The molecule has 0 aromatic rings. The number of hydrogen-bond acceptors (Lipinski definition) is 2. The first-order valence-corrected chi connectivity index (χ1v) is 8.16. The van der Waals surface area contributed by atoms with Crippen LogP contribution >= 0.6 is 0 Å². The fourth-order valence-electron chi connectivity index (χ4n) is 2.95. The van der Waals surface area contributed by atoms with Gasteiger partial charge >= 0.3 is 0 Å². The van der Waals surface area contributed by atoms with Gasteiger partial charge in [0.25, 0.3) is 0 Å². The maximum absolute atomic E-state index is 3.69. The van der Waals surface area contributed by atoms with Gasteiger partial charge in [-0.15, -0.1) is 0 Å². The van der Waals surface area contributed by atoms with Gasteiger partial charge in [-0.2, -0.15) is 0 Å². The Morgan fingerprint density at radius 3 is 2.05 bits per heavy atom. The second kappa shape index (κ2) is 6.58. The number of nitrogens with zero attached hydrogens (tertiary/aromatic N) is 1. The van der Waals surface area contributed by atoms with Crippen molar-refractivity contribution in [1.29, 1.82) is 0 Å². The van der Waals surface area contributed by atoms with Crippen LogP contribution < -0.4 is 5.32 Å². The number of nitrogens with one attached hydrogen (secondary N) is 1. The van der Waals surface area contributed by atoms with Crippen LogP contribution in [0.25, 0.3) is 0 Å². The SMILES string of the molecule is CCC1(C)CCN(C(CNC(C)(C)C)C(C)C)CC1. The lowest BCUT2D eigenvalue weighted by molar-refractivity contribution is 0.0597. The summed E-state index contributed by atoms with van der Waals surface area (Å²) in [6, 6.07) is 0.681. The van der Waals surface area contributed by atoms with Crippen LogP contribution in [0.3, 0.4) is 0 Å². The third-order valence-electron chi connectivity index (χ3n) is 4.94. The van der Waals surface area contributed by atoms with Crippen LogP contribution in [0.2, 0.25) is 0 Å². The minimum Gasteiger partial charge on any atom is -0.311 e. The Bertz CT molecular complexity index is 257. The summed E-state index contributed by atoms with van der Waals surface area (Å²) in [6.07, 6.45) is 4.05. The first-order chi connectivity index (χ1) is 8.67. The lowest BCUT2D eigenvalue weighted by Gasteiger charge is -2.44.